The fraction of sp³-hybridized carbons (Fsp3) is 0.571. The number of hydrogen-bond donors (Lipinski definition) is 3. The van der Waals surface area contributed by atoms with Gasteiger partial charge in [0.2, 0.25) is 0 Å². The highest BCUT2D eigenvalue weighted by Crippen LogP contribution is 2.26. The first-order valence-electron chi connectivity index (χ1n) is 6.90. The molecule has 0 aromatic heterocycles. The second-order valence-electron chi connectivity index (χ2n) is 5.45. The molecule has 0 saturated carbocycles. The fourth-order valence-corrected chi connectivity index (χ4v) is 2.88. The normalized spacial score (nSPS) is 22.3. The number of phenolic OH excluding ortho intramolecular Hbond substituents is 2. The SMILES string of the molecule is Oc1ccc(CN2CC(N3CCNCC3)C2)c(O)c1. The quantitative estimate of drug-likeness (QED) is 0.726. The van der Waals surface area contributed by atoms with Crippen molar-refractivity contribution in [3.8, 4) is 11.5 Å². The van der Waals surface area contributed by atoms with E-state index in [4.69, 9.17) is 0 Å². The zero-order chi connectivity index (χ0) is 13.2. The molecule has 19 heavy (non-hydrogen) atoms. The van der Waals surface area contributed by atoms with Crippen LogP contribution in [0.5, 0.6) is 11.5 Å². The molecule has 0 radical (unpaired) electrons. The minimum absolute atomic E-state index is 0.114. The van der Waals surface area contributed by atoms with Gasteiger partial charge in [-0.15, -0.1) is 0 Å². The van der Waals surface area contributed by atoms with Gasteiger partial charge < -0.3 is 15.5 Å². The monoisotopic (exact) mass is 263 g/mol. The summed E-state index contributed by atoms with van der Waals surface area (Å²) in [5.41, 5.74) is 0.886. The largest absolute Gasteiger partial charge is 0.508 e. The van der Waals surface area contributed by atoms with Gasteiger partial charge in [-0.05, 0) is 6.07 Å². The van der Waals surface area contributed by atoms with Gasteiger partial charge in [0.15, 0.2) is 0 Å². The first-order valence-corrected chi connectivity index (χ1v) is 6.90. The molecule has 0 atom stereocenters. The van der Waals surface area contributed by atoms with Crippen LogP contribution in [0.25, 0.3) is 0 Å². The van der Waals surface area contributed by atoms with Crippen LogP contribution in [0.2, 0.25) is 0 Å². The maximum Gasteiger partial charge on any atom is 0.123 e. The van der Waals surface area contributed by atoms with Crippen molar-refractivity contribution in [2.24, 2.45) is 0 Å². The van der Waals surface area contributed by atoms with Crippen molar-refractivity contribution in [3.05, 3.63) is 23.8 Å². The number of aromatic hydroxyl groups is 2. The number of benzene rings is 1. The second kappa shape index (κ2) is 5.36. The molecule has 0 unspecified atom stereocenters. The maximum atomic E-state index is 9.77. The molecule has 0 aliphatic carbocycles. The molecule has 0 spiro atoms. The molecule has 2 heterocycles. The molecule has 5 heteroatoms. The second-order valence-corrected chi connectivity index (χ2v) is 5.45. The molecule has 0 amide bonds. The first-order chi connectivity index (χ1) is 9.22. The molecule has 3 rings (SSSR count). The molecule has 104 valence electrons. The summed E-state index contributed by atoms with van der Waals surface area (Å²) < 4.78 is 0. The van der Waals surface area contributed by atoms with Gasteiger partial charge in [0.1, 0.15) is 11.5 Å². The molecule has 2 aliphatic rings. The Balaban J connectivity index is 1.50. The third kappa shape index (κ3) is 2.83. The molecule has 3 N–H and O–H groups in total. The summed E-state index contributed by atoms with van der Waals surface area (Å²) in [6.07, 6.45) is 0. The molecule has 2 fully saturated rings. The van der Waals surface area contributed by atoms with Crippen LogP contribution in [0.15, 0.2) is 18.2 Å². The van der Waals surface area contributed by atoms with Crippen LogP contribution in [0, 0.1) is 0 Å². The third-order valence-electron chi connectivity index (χ3n) is 4.07. The number of piperazine rings is 1. The average Bonchev–Trinajstić information content (AvgIpc) is 2.36. The van der Waals surface area contributed by atoms with E-state index in [1.807, 2.05) is 0 Å². The number of rotatable bonds is 3. The highest BCUT2D eigenvalue weighted by molar-refractivity contribution is 5.38. The summed E-state index contributed by atoms with van der Waals surface area (Å²) in [4.78, 5) is 4.88. The Kier molecular flexibility index (Phi) is 3.59. The van der Waals surface area contributed by atoms with Gasteiger partial charge in [-0.3, -0.25) is 9.80 Å². The van der Waals surface area contributed by atoms with Crippen LogP contribution in [-0.4, -0.2) is 65.3 Å². The highest BCUT2D eigenvalue weighted by Gasteiger charge is 2.32. The molecule has 1 aromatic rings. The van der Waals surface area contributed by atoms with E-state index in [0.717, 1.165) is 51.4 Å². The van der Waals surface area contributed by atoms with E-state index in [0.29, 0.717) is 6.04 Å². The van der Waals surface area contributed by atoms with Crippen molar-refractivity contribution in [3.63, 3.8) is 0 Å². The van der Waals surface area contributed by atoms with E-state index in [1.165, 1.54) is 6.07 Å². The number of likely N-dealkylation sites (tertiary alicyclic amines) is 1. The summed E-state index contributed by atoms with van der Waals surface area (Å²) in [6.45, 7) is 7.37. The smallest absolute Gasteiger partial charge is 0.123 e. The van der Waals surface area contributed by atoms with E-state index in [9.17, 15) is 10.2 Å². The number of nitrogens with one attached hydrogen (secondary N) is 1. The van der Waals surface area contributed by atoms with Gasteiger partial charge in [0, 0.05) is 63.5 Å². The molecule has 1 aromatic carbocycles. The molecule has 2 saturated heterocycles. The van der Waals surface area contributed by atoms with E-state index in [1.54, 1.807) is 12.1 Å². The van der Waals surface area contributed by atoms with Crippen LogP contribution >= 0.6 is 0 Å². The Morgan fingerprint density at radius 1 is 1.16 bits per heavy atom. The standard InChI is InChI=1S/C14H21N3O2/c18-13-2-1-11(14(19)7-13)8-16-9-12(10-16)17-5-3-15-4-6-17/h1-2,7,12,15,18-19H,3-6,8-10H2. The van der Waals surface area contributed by atoms with Gasteiger partial charge in [0.25, 0.3) is 0 Å². The van der Waals surface area contributed by atoms with Crippen molar-refractivity contribution in [2.75, 3.05) is 39.3 Å². The predicted molar refractivity (Wildman–Crippen MR) is 73.3 cm³/mol. The molecular formula is C14H21N3O2. The minimum Gasteiger partial charge on any atom is -0.508 e. The summed E-state index contributed by atoms with van der Waals surface area (Å²) in [5, 5.41) is 22.4. The molecular weight excluding hydrogens is 242 g/mol. The molecule has 2 aliphatic heterocycles. The summed E-state index contributed by atoms with van der Waals surface area (Å²) >= 11 is 0. The van der Waals surface area contributed by atoms with Crippen molar-refractivity contribution < 1.29 is 10.2 Å². The Hall–Kier alpha value is -1.30. The Morgan fingerprint density at radius 2 is 1.89 bits per heavy atom. The Labute approximate surface area is 113 Å². The van der Waals surface area contributed by atoms with Gasteiger partial charge >= 0.3 is 0 Å². The lowest BCUT2D eigenvalue weighted by Crippen LogP contribution is -2.62. The Bertz CT molecular complexity index is 440. The summed E-state index contributed by atoms with van der Waals surface area (Å²) in [5.74, 6) is 0.300. The van der Waals surface area contributed by atoms with Crippen LogP contribution < -0.4 is 5.32 Å². The predicted octanol–water partition coefficient (Wildman–Crippen LogP) is 0.187. The van der Waals surface area contributed by atoms with Crippen molar-refractivity contribution in [1.82, 2.24) is 15.1 Å². The lowest BCUT2D eigenvalue weighted by Gasteiger charge is -2.46. The van der Waals surface area contributed by atoms with Crippen LogP contribution in [0.4, 0.5) is 0 Å². The molecule has 0 bridgehead atoms. The van der Waals surface area contributed by atoms with Crippen LogP contribution in [0.3, 0.4) is 0 Å². The summed E-state index contributed by atoms with van der Waals surface area (Å²) in [7, 11) is 0. The van der Waals surface area contributed by atoms with Crippen LogP contribution in [0.1, 0.15) is 5.56 Å². The topological polar surface area (TPSA) is 59.0 Å². The van der Waals surface area contributed by atoms with Crippen molar-refractivity contribution in [2.45, 2.75) is 12.6 Å². The minimum atomic E-state index is 0.114. The van der Waals surface area contributed by atoms with E-state index >= 15 is 0 Å². The average molecular weight is 263 g/mol. The third-order valence-corrected chi connectivity index (χ3v) is 4.07. The number of phenols is 2. The van der Waals surface area contributed by atoms with Gasteiger partial charge in [-0.1, -0.05) is 6.07 Å². The lowest BCUT2D eigenvalue weighted by atomic mass is 10.0. The first kappa shape index (κ1) is 12.7. The zero-order valence-electron chi connectivity index (χ0n) is 11.0. The van der Waals surface area contributed by atoms with Gasteiger partial charge in [0.05, 0.1) is 0 Å². The van der Waals surface area contributed by atoms with E-state index in [-0.39, 0.29) is 11.5 Å². The lowest BCUT2D eigenvalue weighted by molar-refractivity contribution is 0.0219. The Morgan fingerprint density at radius 3 is 2.58 bits per heavy atom. The molecule has 5 nitrogen and oxygen atoms in total. The van der Waals surface area contributed by atoms with Crippen molar-refractivity contribution >= 4 is 0 Å². The van der Waals surface area contributed by atoms with Gasteiger partial charge in [-0.2, -0.15) is 0 Å². The van der Waals surface area contributed by atoms with E-state index < -0.39 is 0 Å². The highest BCUT2D eigenvalue weighted by atomic mass is 16.3. The number of hydrogen-bond acceptors (Lipinski definition) is 5. The fourth-order valence-electron chi connectivity index (χ4n) is 2.88. The zero-order valence-corrected chi connectivity index (χ0v) is 11.0. The summed E-state index contributed by atoms with van der Waals surface area (Å²) in [6, 6.07) is 5.50. The van der Waals surface area contributed by atoms with Crippen molar-refractivity contribution in [1.29, 1.82) is 0 Å². The number of nitrogens with zero attached hydrogens (tertiary/aromatic N) is 2. The van der Waals surface area contributed by atoms with Crippen LogP contribution in [-0.2, 0) is 6.54 Å². The van der Waals surface area contributed by atoms with E-state index in [2.05, 4.69) is 15.1 Å². The maximum absolute atomic E-state index is 9.77. The van der Waals surface area contributed by atoms with Gasteiger partial charge in [-0.25, -0.2) is 0 Å².